The number of rotatable bonds is 5. The van der Waals surface area contributed by atoms with Crippen LogP contribution >= 0.6 is 0 Å². The third-order valence-corrected chi connectivity index (χ3v) is 3.97. The van der Waals surface area contributed by atoms with E-state index in [2.05, 4.69) is 10.1 Å². The maximum atomic E-state index is 14.6. The molecule has 0 spiro atoms. The number of nitrogens with zero attached hydrogens (tertiary/aromatic N) is 1. The molecule has 0 atom stereocenters. The Hall–Kier alpha value is -4.03. The normalized spacial score (nSPS) is 11.7. The van der Waals surface area contributed by atoms with Crippen molar-refractivity contribution in [3.05, 3.63) is 77.9 Å². The Morgan fingerprint density at radius 2 is 1.48 bits per heavy atom. The third-order valence-electron chi connectivity index (χ3n) is 3.97. The molecule has 1 heterocycles. The smallest absolute Gasteiger partial charge is 0.456 e. The van der Waals surface area contributed by atoms with Crippen LogP contribution in [0.4, 0.5) is 36.4 Å². The van der Waals surface area contributed by atoms with Gasteiger partial charge in [0.05, 0.1) is 11.3 Å². The van der Waals surface area contributed by atoms with Crippen LogP contribution in [0.15, 0.2) is 60.9 Å². The summed E-state index contributed by atoms with van der Waals surface area (Å²) in [5.74, 6) is -4.49. The average molecular weight is 477 g/mol. The predicted octanol–water partition coefficient (Wildman–Crippen LogP) is 5.31. The van der Waals surface area contributed by atoms with Crippen molar-refractivity contribution in [1.29, 1.82) is 0 Å². The number of hydrogen-bond acceptors (Lipinski definition) is 4. The lowest BCUT2D eigenvalue weighted by atomic mass is 10.1. The van der Waals surface area contributed by atoms with Gasteiger partial charge in [0, 0.05) is 16.9 Å². The van der Waals surface area contributed by atoms with Crippen LogP contribution in [0.3, 0.4) is 0 Å². The second kappa shape index (κ2) is 8.84. The summed E-state index contributed by atoms with van der Waals surface area (Å²) in [5, 5.41) is 11.4. The molecule has 33 heavy (non-hydrogen) atoms. The minimum absolute atomic E-state index is 0.0733. The molecule has 174 valence electrons. The maximum Gasteiger partial charge on any atom is 0.573 e. The number of hydrogen-bond donors (Lipinski definition) is 2. The molecule has 2 aromatic carbocycles. The van der Waals surface area contributed by atoms with Crippen molar-refractivity contribution in [2.24, 2.45) is 0 Å². The number of pyridine rings is 1. The second-order valence-electron chi connectivity index (χ2n) is 6.37. The fourth-order valence-electron chi connectivity index (χ4n) is 2.58. The molecule has 3 rings (SSSR count). The topological polar surface area (TPSA) is 71.7 Å². The van der Waals surface area contributed by atoms with Crippen LogP contribution in [0, 0.1) is 5.82 Å². The van der Waals surface area contributed by atoms with Crippen LogP contribution < -0.4 is 19.5 Å². The summed E-state index contributed by atoms with van der Waals surface area (Å²) in [6.07, 6.45) is -7.70. The number of amides is 1. The Morgan fingerprint density at radius 3 is 2.03 bits per heavy atom. The van der Waals surface area contributed by atoms with Gasteiger partial charge < -0.3 is 14.8 Å². The number of aromatic nitrogens is 1. The van der Waals surface area contributed by atoms with Gasteiger partial charge in [-0.3, -0.25) is 10.0 Å². The van der Waals surface area contributed by atoms with Gasteiger partial charge in [-0.15, -0.1) is 13.2 Å². The zero-order valence-electron chi connectivity index (χ0n) is 16.0. The minimum atomic E-state index is -4.98. The Labute approximate surface area is 180 Å². The van der Waals surface area contributed by atoms with Crippen molar-refractivity contribution < 1.29 is 54.9 Å². The highest BCUT2D eigenvalue weighted by Crippen LogP contribution is 2.37. The zero-order chi connectivity index (χ0) is 24.4. The molecule has 3 aromatic rings. The number of alkyl halides is 6. The molecular formula is C20H12F7N2O4+. The van der Waals surface area contributed by atoms with E-state index in [1.54, 1.807) is 0 Å². The summed E-state index contributed by atoms with van der Waals surface area (Å²) < 4.78 is 100. The fraction of sp³-hybridized carbons (Fsp3) is 0.100. The van der Waals surface area contributed by atoms with Crippen molar-refractivity contribution in [1.82, 2.24) is 0 Å². The molecule has 1 amide bonds. The van der Waals surface area contributed by atoms with Crippen LogP contribution in [0.2, 0.25) is 0 Å². The number of carbonyl (C=O) groups is 1. The van der Waals surface area contributed by atoms with Crippen LogP contribution in [-0.4, -0.2) is 17.5 Å². The molecule has 0 saturated carbocycles. The van der Waals surface area contributed by atoms with Gasteiger partial charge in [-0.2, -0.15) is 13.2 Å². The zero-order valence-corrected chi connectivity index (χ0v) is 16.0. The van der Waals surface area contributed by atoms with Gasteiger partial charge in [0.15, 0.2) is 0 Å². The number of anilines is 1. The van der Waals surface area contributed by atoms with E-state index >= 15 is 0 Å². The summed E-state index contributed by atoms with van der Waals surface area (Å²) in [7, 11) is 0. The SMILES string of the molecule is O=C(Nc1cc[n+](O)cc1)c1c(F)cc(C(F)(F)F)cc1Oc1ccc(OC(F)(F)F)cc1. The lowest BCUT2D eigenvalue weighted by Crippen LogP contribution is -2.28. The molecule has 0 unspecified atom stereocenters. The van der Waals surface area contributed by atoms with E-state index < -0.39 is 46.9 Å². The molecule has 0 aliphatic carbocycles. The van der Waals surface area contributed by atoms with Gasteiger partial charge in [-0.25, -0.2) is 4.39 Å². The van der Waals surface area contributed by atoms with E-state index in [1.165, 1.54) is 12.1 Å². The van der Waals surface area contributed by atoms with E-state index in [0.717, 1.165) is 36.7 Å². The Bertz CT molecular complexity index is 1150. The first-order valence-electron chi connectivity index (χ1n) is 8.78. The first kappa shape index (κ1) is 23.6. The summed E-state index contributed by atoms with van der Waals surface area (Å²) in [4.78, 5) is 12.6. The average Bonchev–Trinajstić information content (AvgIpc) is 2.69. The molecular weight excluding hydrogens is 465 g/mol. The standard InChI is InChI=1S/C20H11F7N2O4/c21-15-9-11(19(22,23)24)10-16(17(15)18(30)28-12-5-7-29(31)8-6-12)32-13-1-3-14(4-2-13)33-20(25,26)27/h1-10,31H/p+1. The molecule has 13 heteroatoms. The highest BCUT2D eigenvalue weighted by atomic mass is 19.4. The van der Waals surface area contributed by atoms with Gasteiger partial charge >= 0.3 is 12.5 Å². The Kier molecular flexibility index (Phi) is 6.33. The number of nitrogens with one attached hydrogen (secondary N) is 1. The molecule has 0 saturated heterocycles. The van der Waals surface area contributed by atoms with E-state index in [0.29, 0.717) is 10.8 Å². The van der Waals surface area contributed by atoms with Crippen LogP contribution in [0.5, 0.6) is 17.2 Å². The first-order chi connectivity index (χ1) is 15.3. The number of ether oxygens (including phenoxy) is 2. The van der Waals surface area contributed by atoms with Crippen LogP contribution in [-0.2, 0) is 6.18 Å². The van der Waals surface area contributed by atoms with Gasteiger partial charge in [-0.05, 0) is 36.4 Å². The number of carbonyl (C=O) groups excluding carboxylic acids is 1. The lowest BCUT2D eigenvalue weighted by molar-refractivity contribution is -0.904. The highest BCUT2D eigenvalue weighted by Gasteiger charge is 2.34. The Morgan fingerprint density at radius 1 is 0.909 bits per heavy atom. The largest absolute Gasteiger partial charge is 0.573 e. The monoisotopic (exact) mass is 477 g/mol. The second-order valence-corrected chi connectivity index (χ2v) is 6.37. The van der Waals surface area contributed by atoms with Crippen molar-refractivity contribution >= 4 is 11.6 Å². The van der Waals surface area contributed by atoms with E-state index in [4.69, 9.17) is 4.74 Å². The van der Waals surface area contributed by atoms with E-state index in [-0.39, 0.29) is 17.5 Å². The van der Waals surface area contributed by atoms with Crippen LogP contribution in [0.25, 0.3) is 0 Å². The van der Waals surface area contributed by atoms with Gasteiger partial charge in [-0.1, -0.05) is 0 Å². The van der Waals surface area contributed by atoms with E-state index in [9.17, 15) is 40.7 Å². The molecule has 0 aliphatic rings. The summed E-state index contributed by atoms with van der Waals surface area (Å²) in [5.41, 5.74) is -2.27. The van der Waals surface area contributed by atoms with Crippen molar-refractivity contribution in [3.63, 3.8) is 0 Å². The lowest BCUT2D eigenvalue weighted by Gasteiger charge is -2.16. The molecule has 1 aromatic heterocycles. The van der Waals surface area contributed by atoms with Crippen molar-refractivity contribution in [3.8, 4) is 17.2 Å². The van der Waals surface area contributed by atoms with Gasteiger partial charge in [0.25, 0.3) is 5.91 Å². The summed E-state index contributed by atoms with van der Waals surface area (Å²) in [6.45, 7) is 0. The highest BCUT2D eigenvalue weighted by molar-refractivity contribution is 6.06. The molecule has 0 aliphatic heterocycles. The predicted molar refractivity (Wildman–Crippen MR) is 96.4 cm³/mol. The maximum absolute atomic E-state index is 14.6. The van der Waals surface area contributed by atoms with Crippen molar-refractivity contribution in [2.45, 2.75) is 12.5 Å². The molecule has 2 N–H and O–H groups in total. The summed E-state index contributed by atoms with van der Waals surface area (Å²) in [6, 6.07) is 6.43. The minimum Gasteiger partial charge on any atom is -0.456 e. The van der Waals surface area contributed by atoms with Gasteiger partial charge in [0.1, 0.15) is 28.6 Å². The summed E-state index contributed by atoms with van der Waals surface area (Å²) >= 11 is 0. The third kappa shape index (κ3) is 6.24. The Balaban J connectivity index is 1.96. The molecule has 0 fully saturated rings. The fourth-order valence-corrected chi connectivity index (χ4v) is 2.58. The quantitative estimate of drug-likeness (QED) is 0.297. The molecule has 0 radical (unpaired) electrons. The number of benzene rings is 2. The van der Waals surface area contributed by atoms with Crippen LogP contribution in [0.1, 0.15) is 15.9 Å². The van der Waals surface area contributed by atoms with Crippen molar-refractivity contribution in [2.75, 3.05) is 5.32 Å². The van der Waals surface area contributed by atoms with E-state index in [1.807, 2.05) is 0 Å². The molecule has 0 bridgehead atoms. The number of halogens is 7. The molecule has 6 nitrogen and oxygen atoms in total. The first-order valence-corrected chi connectivity index (χ1v) is 8.78. The van der Waals surface area contributed by atoms with Gasteiger partial charge in [0.2, 0.25) is 12.4 Å².